The SMILES string of the molecule is CCOC(CC)(CC)C(NN)c1cc(F)ccc1OC. The van der Waals surface area contributed by atoms with Crippen LogP contribution in [0.4, 0.5) is 4.39 Å². The lowest BCUT2D eigenvalue weighted by atomic mass is 9.83. The van der Waals surface area contributed by atoms with Crippen LogP contribution in [0.1, 0.15) is 45.2 Å². The lowest BCUT2D eigenvalue weighted by molar-refractivity contribution is -0.0738. The molecule has 0 amide bonds. The lowest BCUT2D eigenvalue weighted by Crippen LogP contribution is -2.48. The Labute approximate surface area is 120 Å². The van der Waals surface area contributed by atoms with Gasteiger partial charge in [0.1, 0.15) is 11.6 Å². The van der Waals surface area contributed by atoms with Crippen molar-refractivity contribution in [2.75, 3.05) is 13.7 Å². The first-order valence-corrected chi connectivity index (χ1v) is 7.02. The van der Waals surface area contributed by atoms with Gasteiger partial charge in [0, 0.05) is 12.2 Å². The Morgan fingerprint density at radius 2 is 1.95 bits per heavy atom. The van der Waals surface area contributed by atoms with Gasteiger partial charge in [-0.2, -0.15) is 0 Å². The third-order valence-electron chi connectivity index (χ3n) is 3.82. The molecule has 1 aromatic rings. The molecule has 0 spiro atoms. The van der Waals surface area contributed by atoms with Crippen LogP contribution in [0.15, 0.2) is 18.2 Å². The predicted octanol–water partition coefficient (Wildman–Crippen LogP) is 2.93. The quantitative estimate of drug-likeness (QED) is 0.569. The molecule has 1 aromatic carbocycles. The zero-order valence-corrected chi connectivity index (χ0v) is 12.7. The maximum atomic E-state index is 13.6. The van der Waals surface area contributed by atoms with E-state index in [-0.39, 0.29) is 11.9 Å². The minimum atomic E-state index is -0.495. The third-order valence-corrected chi connectivity index (χ3v) is 3.82. The summed E-state index contributed by atoms with van der Waals surface area (Å²) in [5, 5.41) is 0. The molecule has 0 bridgehead atoms. The van der Waals surface area contributed by atoms with Crippen LogP contribution in [0.2, 0.25) is 0 Å². The Balaban J connectivity index is 3.32. The van der Waals surface area contributed by atoms with Gasteiger partial charge in [0.05, 0.1) is 18.8 Å². The van der Waals surface area contributed by atoms with E-state index in [9.17, 15) is 4.39 Å². The van der Waals surface area contributed by atoms with Crippen LogP contribution in [-0.4, -0.2) is 19.3 Å². The van der Waals surface area contributed by atoms with Crippen molar-refractivity contribution in [3.63, 3.8) is 0 Å². The normalized spacial score (nSPS) is 13.3. The Morgan fingerprint density at radius 3 is 2.40 bits per heavy atom. The van der Waals surface area contributed by atoms with E-state index < -0.39 is 5.60 Å². The van der Waals surface area contributed by atoms with Crippen LogP contribution in [0.5, 0.6) is 5.75 Å². The smallest absolute Gasteiger partial charge is 0.124 e. The van der Waals surface area contributed by atoms with Crippen LogP contribution >= 0.6 is 0 Å². The van der Waals surface area contributed by atoms with Gasteiger partial charge in [0.15, 0.2) is 0 Å². The second-order valence-corrected chi connectivity index (χ2v) is 4.69. The molecule has 0 aliphatic carbocycles. The van der Waals surface area contributed by atoms with Gasteiger partial charge < -0.3 is 9.47 Å². The molecule has 1 unspecified atom stereocenters. The number of benzene rings is 1. The van der Waals surface area contributed by atoms with Gasteiger partial charge in [0.2, 0.25) is 0 Å². The van der Waals surface area contributed by atoms with Crippen molar-refractivity contribution in [1.82, 2.24) is 5.43 Å². The highest BCUT2D eigenvalue weighted by Gasteiger charge is 2.38. The fraction of sp³-hybridized carbons (Fsp3) is 0.600. The maximum Gasteiger partial charge on any atom is 0.124 e. The summed E-state index contributed by atoms with van der Waals surface area (Å²) in [5.74, 6) is 6.01. The average Bonchev–Trinajstić information content (AvgIpc) is 2.47. The summed E-state index contributed by atoms with van der Waals surface area (Å²) in [6.07, 6.45) is 1.51. The third kappa shape index (κ3) is 3.29. The zero-order valence-electron chi connectivity index (χ0n) is 12.7. The Kier molecular flexibility index (Phi) is 6.39. The van der Waals surface area contributed by atoms with Gasteiger partial charge >= 0.3 is 0 Å². The van der Waals surface area contributed by atoms with Crippen molar-refractivity contribution in [3.05, 3.63) is 29.6 Å². The molecule has 0 aliphatic heterocycles. The topological polar surface area (TPSA) is 56.5 Å². The van der Waals surface area contributed by atoms with Crippen LogP contribution in [0, 0.1) is 5.82 Å². The summed E-state index contributed by atoms with van der Waals surface area (Å²) in [6, 6.07) is 4.08. The first-order chi connectivity index (χ1) is 9.58. The van der Waals surface area contributed by atoms with Crippen LogP contribution in [0.3, 0.4) is 0 Å². The van der Waals surface area contributed by atoms with Crippen molar-refractivity contribution in [1.29, 1.82) is 0 Å². The Morgan fingerprint density at radius 1 is 1.30 bits per heavy atom. The van der Waals surface area contributed by atoms with E-state index in [1.165, 1.54) is 12.1 Å². The van der Waals surface area contributed by atoms with Crippen molar-refractivity contribution >= 4 is 0 Å². The summed E-state index contributed by atoms with van der Waals surface area (Å²) >= 11 is 0. The standard InChI is InChI=1S/C15H25FN2O2/c1-5-15(6-2,20-7-3)14(18-17)12-10-11(16)8-9-13(12)19-4/h8-10,14,18H,5-7,17H2,1-4H3. The number of ether oxygens (including phenoxy) is 2. The second-order valence-electron chi connectivity index (χ2n) is 4.69. The minimum absolute atomic E-state index is 0.321. The molecule has 0 saturated heterocycles. The molecule has 5 heteroatoms. The molecular weight excluding hydrogens is 259 g/mol. The zero-order chi connectivity index (χ0) is 15.2. The van der Waals surface area contributed by atoms with Crippen molar-refractivity contribution in [3.8, 4) is 5.75 Å². The molecule has 0 saturated carbocycles. The molecule has 20 heavy (non-hydrogen) atoms. The molecule has 0 heterocycles. The number of nitrogens with two attached hydrogens (primary N) is 1. The molecule has 0 fully saturated rings. The molecule has 114 valence electrons. The fourth-order valence-electron chi connectivity index (χ4n) is 2.69. The van der Waals surface area contributed by atoms with Crippen LogP contribution < -0.4 is 16.0 Å². The number of rotatable bonds is 8. The predicted molar refractivity (Wildman–Crippen MR) is 78.0 cm³/mol. The highest BCUT2D eigenvalue weighted by molar-refractivity contribution is 5.38. The molecule has 3 N–H and O–H groups in total. The highest BCUT2D eigenvalue weighted by atomic mass is 19.1. The number of methoxy groups -OCH3 is 1. The fourth-order valence-corrected chi connectivity index (χ4v) is 2.69. The monoisotopic (exact) mass is 284 g/mol. The van der Waals surface area contributed by atoms with E-state index in [4.69, 9.17) is 15.3 Å². The Bertz CT molecular complexity index is 422. The molecule has 1 atom stereocenters. The minimum Gasteiger partial charge on any atom is -0.496 e. The van der Waals surface area contributed by atoms with Gasteiger partial charge in [-0.25, -0.2) is 9.82 Å². The van der Waals surface area contributed by atoms with E-state index in [0.29, 0.717) is 17.9 Å². The van der Waals surface area contributed by atoms with E-state index in [1.54, 1.807) is 13.2 Å². The maximum absolute atomic E-state index is 13.6. The molecule has 1 rings (SSSR count). The number of hydrazine groups is 1. The van der Waals surface area contributed by atoms with Crippen molar-refractivity contribution < 1.29 is 13.9 Å². The number of halogens is 1. The molecule has 0 radical (unpaired) electrons. The van der Waals surface area contributed by atoms with Gasteiger partial charge in [-0.3, -0.25) is 5.84 Å². The van der Waals surface area contributed by atoms with E-state index in [2.05, 4.69) is 5.43 Å². The summed E-state index contributed by atoms with van der Waals surface area (Å²) in [7, 11) is 1.56. The molecule has 0 aromatic heterocycles. The summed E-state index contributed by atoms with van der Waals surface area (Å²) in [5.41, 5.74) is 2.95. The van der Waals surface area contributed by atoms with Crippen molar-refractivity contribution in [2.45, 2.75) is 45.3 Å². The largest absolute Gasteiger partial charge is 0.496 e. The van der Waals surface area contributed by atoms with E-state index in [1.807, 2.05) is 20.8 Å². The summed E-state index contributed by atoms with van der Waals surface area (Å²) < 4.78 is 24.9. The first-order valence-electron chi connectivity index (χ1n) is 7.02. The van der Waals surface area contributed by atoms with Gasteiger partial charge in [-0.05, 0) is 38.0 Å². The second kappa shape index (κ2) is 7.57. The molecule has 4 nitrogen and oxygen atoms in total. The molecular formula is C15H25FN2O2. The lowest BCUT2D eigenvalue weighted by Gasteiger charge is -2.39. The summed E-state index contributed by atoms with van der Waals surface area (Å²) in [4.78, 5) is 0. The van der Waals surface area contributed by atoms with Crippen LogP contribution in [-0.2, 0) is 4.74 Å². The van der Waals surface area contributed by atoms with Crippen LogP contribution in [0.25, 0.3) is 0 Å². The summed E-state index contributed by atoms with van der Waals surface area (Å²) in [6.45, 7) is 6.58. The van der Waals surface area contributed by atoms with Gasteiger partial charge in [-0.1, -0.05) is 13.8 Å². The van der Waals surface area contributed by atoms with E-state index in [0.717, 1.165) is 12.8 Å². The van der Waals surface area contributed by atoms with Gasteiger partial charge in [-0.15, -0.1) is 0 Å². The average molecular weight is 284 g/mol. The number of nitrogens with one attached hydrogen (secondary N) is 1. The van der Waals surface area contributed by atoms with E-state index >= 15 is 0 Å². The highest BCUT2D eigenvalue weighted by Crippen LogP contribution is 2.39. The number of hydrogen-bond acceptors (Lipinski definition) is 4. The first kappa shape index (κ1) is 16.9. The van der Waals surface area contributed by atoms with Crippen molar-refractivity contribution in [2.24, 2.45) is 5.84 Å². The molecule has 0 aliphatic rings. The van der Waals surface area contributed by atoms with Gasteiger partial charge in [0.25, 0.3) is 0 Å². The Hall–Kier alpha value is -1.17. The number of hydrogen-bond donors (Lipinski definition) is 2.